The Labute approximate surface area is 115 Å². The van der Waals surface area contributed by atoms with Crippen molar-refractivity contribution >= 4 is 0 Å². The largest absolute Gasteiger partial charge is 0.293 e. The average Bonchev–Trinajstić information content (AvgIpc) is 2.75. The maximum atomic E-state index is 4.47. The molecule has 0 N–H and O–H groups in total. The SMILES string of the molecule is CCn1ncnc1CN1CC2C[C@@H]3CC1C[C@H](C2)C3. The summed E-state index contributed by atoms with van der Waals surface area (Å²) in [6.07, 6.45) is 9.08. The van der Waals surface area contributed by atoms with Gasteiger partial charge in [0.1, 0.15) is 12.2 Å². The van der Waals surface area contributed by atoms with Crippen molar-refractivity contribution < 1.29 is 0 Å². The number of fused-ring (bicyclic) bond motifs is 1. The monoisotopic (exact) mass is 260 g/mol. The highest BCUT2D eigenvalue weighted by atomic mass is 15.3. The van der Waals surface area contributed by atoms with Gasteiger partial charge in [0, 0.05) is 19.1 Å². The third-order valence-electron chi connectivity index (χ3n) is 5.56. The lowest BCUT2D eigenvalue weighted by Gasteiger charge is -2.39. The van der Waals surface area contributed by atoms with Crippen LogP contribution in [0.4, 0.5) is 0 Å². The van der Waals surface area contributed by atoms with Crippen LogP contribution in [0.5, 0.6) is 0 Å². The molecular formula is C15H24N4. The molecule has 0 radical (unpaired) electrons. The molecule has 3 heterocycles. The lowest BCUT2D eigenvalue weighted by molar-refractivity contribution is 0.119. The number of hydrogen-bond acceptors (Lipinski definition) is 3. The molecule has 4 heteroatoms. The fraction of sp³-hybridized carbons (Fsp3) is 0.867. The van der Waals surface area contributed by atoms with Crippen molar-refractivity contribution in [2.75, 3.05) is 6.54 Å². The lowest BCUT2D eigenvalue weighted by atomic mass is 9.68. The molecule has 4 fully saturated rings. The summed E-state index contributed by atoms with van der Waals surface area (Å²) in [5, 5.41) is 4.31. The van der Waals surface area contributed by atoms with Crippen LogP contribution in [0.15, 0.2) is 6.33 Å². The summed E-state index contributed by atoms with van der Waals surface area (Å²) < 4.78 is 2.05. The van der Waals surface area contributed by atoms with Crippen LogP contribution < -0.4 is 0 Å². The first-order valence-electron chi connectivity index (χ1n) is 7.92. The van der Waals surface area contributed by atoms with Gasteiger partial charge in [-0.25, -0.2) is 9.67 Å². The van der Waals surface area contributed by atoms with Crippen molar-refractivity contribution in [1.29, 1.82) is 0 Å². The van der Waals surface area contributed by atoms with Crippen LogP contribution in [0.25, 0.3) is 0 Å². The molecular weight excluding hydrogens is 236 g/mol. The van der Waals surface area contributed by atoms with Gasteiger partial charge in [0.15, 0.2) is 0 Å². The van der Waals surface area contributed by atoms with Crippen LogP contribution in [0.3, 0.4) is 0 Å². The quantitative estimate of drug-likeness (QED) is 0.836. The van der Waals surface area contributed by atoms with Gasteiger partial charge >= 0.3 is 0 Å². The van der Waals surface area contributed by atoms with Gasteiger partial charge in [-0.1, -0.05) is 0 Å². The Balaban J connectivity index is 1.55. The molecule has 2 aliphatic carbocycles. The third-order valence-corrected chi connectivity index (χ3v) is 5.56. The molecule has 4 bridgehead atoms. The van der Waals surface area contributed by atoms with E-state index in [-0.39, 0.29) is 0 Å². The Morgan fingerprint density at radius 3 is 2.58 bits per heavy atom. The number of nitrogens with zero attached hydrogens (tertiary/aromatic N) is 4. The maximum Gasteiger partial charge on any atom is 0.141 e. The van der Waals surface area contributed by atoms with E-state index in [0.29, 0.717) is 0 Å². The lowest BCUT2D eigenvalue weighted by Crippen LogP contribution is -2.38. The third kappa shape index (κ3) is 2.10. The Morgan fingerprint density at radius 2 is 1.84 bits per heavy atom. The first kappa shape index (κ1) is 11.9. The normalized spacial score (nSPS) is 37.7. The van der Waals surface area contributed by atoms with Gasteiger partial charge < -0.3 is 0 Å². The van der Waals surface area contributed by atoms with Gasteiger partial charge in [-0.3, -0.25) is 4.90 Å². The van der Waals surface area contributed by atoms with E-state index in [1.165, 1.54) is 38.6 Å². The summed E-state index contributed by atoms with van der Waals surface area (Å²) in [5.41, 5.74) is 0. The number of aromatic nitrogens is 3. The Bertz CT molecular complexity index is 441. The molecule has 2 saturated carbocycles. The van der Waals surface area contributed by atoms with Crippen molar-refractivity contribution in [3.05, 3.63) is 12.2 Å². The summed E-state index contributed by atoms with van der Waals surface area (Å²) in [7, 11) is 0. The summed E-state index contributed by atoms with van der Waals surface area (Å²) in [6, 6.07) is 0.818. The Kier molecular flexibility index (Phi) is 2.87. The van der Waals surface area contributed by atoms with E-state index in [0.717, 1.165) is 42.7 Å². The van der Waals surface area contributed by atoms with E-state index >= 15 is 0 Å². The van der Waals surface area contributed by atoms with Crippen molar-refractivity contribution in [2.45, 2.75) is 58.2 Å². The molecule has 0 amide bonds. The zero-order valence-electron chi connectivity index (χ0n) is 11.8. The molecule has 4 aliphatic rings. The van der Waals surface area contributed by atoms with Gasteiger partial charge in [-0.15, -0.1) is 0 Å². The van der Waals surface area contributed by atoms with E-state index in [2.05, 4.69) is 26.6 Å². The van der Waals surface area contributed by atoms with Gasteiger partial charge in [-0.2, -0.15) is 5.10 Å². The summed E-state index contributed by atoms with van der Waals surface area (Å²) >= 11 is 0. The first-order valence-corrected chi connectivity index (χ1v) is 7.92. The van der Waals surface area contributed by atoms with Crippen LogP contribution >= 0.6 is 0 Å². The van der Waals surface area contributed by atoms with Gasteiger partial charge in [0.25, 0.3) is 0 Å². The molecule has 1 aromatic heterocycles. The number of aryl methyl sites for hydroxylation is 1. The topological polar surface area (TPSA) is 34.0 Å². The van der Waals surface area contributed by atoms with Crippen LogP contribution in [0.1, 0.15) is 44.9 Å². The summed E-state index contributed by atoms with van der Waals surface area (Å²) in [6.45, 7) is 5.39. The zero-order valence-corrected chi connectivity index (χ0v) is 11.8. The smallest absolute Gasteiger partial charge is 0.141 e. The predicted octanol–water partition coefficient (Wildman–Crippen LogP) is 2.31. The Morgan fingerprint density at radius 1 is 1.11 bits per heavy atom. The molecule has 19 heavy (non-hydrogen) atoms. The number of hydrogen-bond donors (Lipinski definition) is 0. The van der Waals surface area contributed by atoms with Crippen molar-refractivity contribution in [3.63, 3.8) is 0 Å². The highest BCUT2D eigenvalue weighted by molar-refractivity contribution is 4.97. The van der Waals surface area contributed by atoms with Crippen molar-refractivity contribution in [1.82, 2.24) is 19.7 Å². The van der Waals surface area contributed by atoms with E-state index in [4.69, 9.17) is 0 Å². The molecule has 2 saturated heterocycles. The minimum absolute atomic E-state index is 0.818. The second kappa shape index (κ2) is 4.58. The molecule has 0 aromatic carbocycles. The fourth-order valence-electron chi connectivity index (χ4n) is 4.93. The highest BCUT2D eigenvalue weighted by Crippen LogP contribution is 2.47. The van der Waals surface area contributed by atoms with E-state index in [9.17, 15) is 0 Å². The molecule has 5 rings (SSSR count). The highest BCUT2D eigenvalue weighted by Gasteiger charge is 2.42. The van der Waals surface area contributed by atoms with Crippen LogP contribution in [0.2, 0.25) is 0 Å². The average molecular weight is 260 g/mol. The van der Waals surface area contributed by atoms with Gasteiger partial charge in [-0.05, 0) is 56.8 Å². The van der Waals surface area contributed by atoms with Crippen molar-refractivity contribution in [3.8, 4) is 0 Å². The predicted molar refractivity (Wildman–Crippen MR) is 73.4 cm³/mol. The van der Waals surface area contributed by atoms with Gasteiger partial charge in [0.2, 0.25) is 0 Å². The molecule has 104 valence electrons. The number of rotatable bonds is 3. The summed E-state index contributed by atoms with van der Waals surface area (Å²) in [4.78, 5) is 7.19. The fourth-order valence-corrected chi connectivity index (χ4v) is 4.93. The second-order valence-corrected chi connectivity index (χ2v) is 6.85. The Hall–Kier alpha value is -0.900. The maximum absolute atomic E-state index is 4.47. The van der Waals surface area contributed by atoms with Gasteiger partial charge in [0.05, 0.1) is 6.54 Å². The van der Waals surface area contributed by atoms with Crippen LogP contribution in [-0.4, -0.2) is 32.3 Å². The molecule has 0 spiro atoms. The zero-order chi connectivity index (χ0) is 12.8. The van der Waals surface area contributed by atoms with E-state index in [1.807, 2.05) is 0 Å². The van der Waals surface area contributed by atoms with E-state index in [1.54, 1.807) is 6.33 Å². The minimum Gasteiger partial charge on any atom is -0.293 e. The minimum atomic E-state index is 0.818. The molecule has 2 aliphatic heterocycles. The van der Waals surface area contributed by atoms with E-state index < -0.39 is 0 Å². The van der Waals surface area contributed by atoms with Crippen molar-refractivity contribution in [2.24, 2.45) is 17.8 Å². The summed E-state index contributed by atoms with van der Waals surface area (Å²) in [5.74, 6) is 4.16. The van der Waals surface area contributed by atoms with Crippen LogP contribution in [0, 0.1) is 17.8 Å². The molecule has 4 nitrogen and oxygen atoms in total. The van der Waals surface area contributed by atoms with Crippen LogP contribution in [-0.2, 0) is 13.1 Å². The standard InChI is InChI=1S/C15H24N4/c1-2-19-15(16-10-17-19)9-18-8-13-4-11-3-12(5-13)7-14(18)6-11/h10-14H,2-9H2,1H3/t11-,12+,13?,14?. The molecule has 2 unspecified atom stereocenters. The second-order valence-electron chi connectivity index (χ2n) is 6.85. The molecule has 4 atom stereocenters. The molecule has 1 aromatic rings. The first-order chi connectivity index (χ1) is 9.31.